The SMILES string of the molecule is Cc1cc(NNc2ccc(N3CCCC3)cc2)ccc1N=Nc1ccc(F)cc1. The highest BCUT2D eigenvalue weighted by Gasteiger charge is 2.11. The van der Waals surface area contributed by atoms with E-state index in [0.717, 1.165) is 35.7 Å². The molecule has 0 saturated carbocycles. The van der Waals surface area contributed by atoms with Crippen molar-refractivity contribution in [3.63, 3.8) is 0 Å². The van der Waals surface area contributed by atoms with Gasteiger partial charge in [-0.05, 0) is 92.1 Å². The van der Waals surface area contributed by atoms with E-state index in [0.29, 0.717) is 5.69 Å². The van der Waals surface area contributed by atoms with Crippen LogP contribution in [0.5, 0.6) is 0 Å². The molecule has 29 heavy (non-hydrogen) atoms. The van der Waals surface area contributed by atoms with Crippen LogP contribution >= 0.6 is 0 Å². The lowest BCUT2D eigenvalue weighted by atomic mass is 10.2. The van der Waals surface area contributed by atoms with Crippen molar-refractivity contribution in [3.8, 4) is 0 Å². The van der Waals surface area contributed by atoms with Crippen LogP contribution in [0.1, 0.15) is 18.4 Å². The Bertz CT molecular complexity index is 977. The lowest BCUT2D eigenvalue weighted by molar-refractivity contribution is 0.628. The molecule has 0 amide bonds. The minimum Gasteiger partial charge on any atom is -0.372 e. The minimum atomic E-state index is -0.284. The molecule has 0 aromatic heterocycles. The number of hydrogen-bond acceptors (Lipinski definition) is 5. The molecule has 2 N–H and O–H groups in total. The molecule has 3 aromatic carbocycles. The Morgan fingerprint density at radius 2 is 1.45 bits per heavy atom. The molecular formula is C23H24FN5. The van der Waals surface area contributed by atoms with E-state index in [4.69, 9.17) is 0 Å². The Morgan fingerprint density at radius 1 is 0.793 bits per heavy atom. The zero-order valence-electron chi connectivity index (χ0n) is 16.4. The highest BCUT2D eigenvalue weighted by atomic mass is 19.1. The van der Waals surface area contributed by atoms with Gasteiger partial charge in [-0.3, -0.25) is 0 Å². The average Bonchev–Trinajstić information content (AvgIpc) is 3.28. The monoisotopic (exact) mass is 389 g/mol. The van der Waals surface area contributed by atoms with E-state index in [2.05, 4.69) is 50.2 Å². The van der Waals surface area contributed by atoms with Crippen molar-refractivity contribution in [1.29, 1.82) is 0 Å². The van der Waals surface area contributed by atoms with Gasteiger partial charge < -0.3 is 15.8 Å². The van der Waals surface area contributed by atoms with Gasteiger partial charge in [0.05, 0.1) is 22.7 Å². The van der Waals surface area contributed by atoms with Crippen LogP contribution in [-0.2, 0) is 0 Å². The smallest absolute Gasteiger partial charge is 0.123 e. The minimum absolute atomic E-state index is 0.284. The van der Waals surface area contributed by atoms with Gasteiger partial charge in [-0.25, -0.2) is 4.39 Å². The first-order valence-electron chi connectivity index (χ1n) is 9.82. The third-order valence-corrected chi connectivity index (χ3v) is 4.99. The zero-order chi connectivity index (χ0) is 20.1. The first-order valence-corrected chi connectivity index (χ1v) is 9.82. The summed E-state index contributed by atoms with van der Waals surface area (Å²) in [6.07, 6.45) is 2.56. The number of nitrogens with zero attached hydrogens (tertiary/aromatic N) is 3. The van der Waals surface area contributed by atoms with Crippen LogP contribution in [-0.4, -0.2) is 13.1 Å². The highest BCUT2D eigenvalue weighted by Crippen LogP contribution is 2.26. The van der Waals surface area contributed by atoms with Crippen molar-refractivity contribution in [2.45, 2.75) is 19.8 Å². The summed E-state index contributed by atoms with van der Waals surface area (Å²) < 4.78 is 13.0. The van der Waals surface area contributed by atoms with Crippen LogP contribution in [0.15, 0.2) is 77.0 Å². The molecule has 0 radical (unpaired) electrons. The molecule has 1 aliphatic rings. The molecule has 0 atom stereocenters. The Labute approximate surface area is 170 Å². The van der Waals surface area contributed by atoms with Gasteiger partial charge in [0.25, 0.3) is 0 Å². The van der Waals surface area contributed by atoms with Crippen molar-refractivity contribution in [3.05, 3.63) is 78.1 Å². The first-order chi connectivity index (χ1) is 14.2. The third-order valence-electron chi connectivity index (χ3n) is 4.99. The second-order valence-corrected chi connectivity index (χ2v) is 7.17. The molecule has 0 aliphatic carbocycles. The van der Waals surface area contributed by atoms with Crippen LogP contribution in [0, 0.1) is 12.7 Å². The van der Waals surface area contributed by atoms with Crippen molar-refractivity contribution in [1.82, 2.24) is 0 Å². The highest BCUT2D eigenvalue weighted by molar-refractivity contribution is 5.61. The van der Waals surface area contributed by atoms with Gasteiger partial charge in [0.2, 0.25) is 0 Å². The normalized spacial score (nSPS) is 13.8. The molecule has 0 spiro atoms. The van der Waals surface area contributed by atoms with Crippen LogP contribution in [0.25, 0.3) is 0 Å². The molecule has 148 valence electrons. The van der Waals surface area contributed by atoms with E-state index < -0.39 is 0 Å². The van der Waals surface area contributed by atoms with Gasteiger partial charge >= 0.3 is 0 Å². The number of azo groups is 1. The Kier molecular flexibility index (Phi) is 5.70. The molecule has 0 bridgehead atoms. The fourth-order valence-electron chi connectivity index (χ4n) is 3.34. The maximum atomic E-state index is 13.0. The molecule has 1 fully saturated rings. The van der Waals surface area contributed by atoms with Gasteiger partial charge in [-0.1, -0.05) is 0 Å². The van der Waals surface area contributed by atoms with Crippen LogP contribution in [0.3, 0.4) is 0 Å². The molecule has 5 nitrogen and oxygen atoms in total. The molecule has 1 heterocycles. The quantitative estimate of drug-likeness (QED) is 0.369. The average molecular weight is 389 g/mol. The standard InChI is InChI=1S/C23H24FN5/c1-17-16-21(10-13-23(17)28-26-19-6-4-18(24)5-7-19)27-25-20-8-11-22(12-9-20)29-14-2-3-15-29/h4-13,16,25,27H,2-3,14-15H2,1H3. The maximum Gasteiger partial charge on any atom is 0.123 e. The van der Waals surface area contributed by atoms with Crippen molar-refractivity contribution >= 4 is 28.4 Å². The summed E-state index contributed by atoms with van der Waals surface area (Å²) in [6.45, 7) is 4.28. The van der Waals surface area contributed by atoms with Crippen LogP contribution < -0.4 is 15.8 Å². The number of anilines is 3. The topological polar surface area (TPSA) is 52.0 Å². The molecule has 3 aromatic rings. The number of hydrazine groups is 1. The fraction of sp³-hybridized carbons (Fsp3) is 0.217. The van der Waals surface area contributed by atoms with E-state index in [1.165, 1.54) is 30.7 Å². The number of aryl methyl sites for hydroxylation is 1. The summed E-state index contributed by atoms with van der Waals surface area (Å²) in [5.74, 6) is -0.284. The third kappa shape index (κ3) is 4.90. The van der Waals surface area contributed by atoms with Crippen molar-refractivity contribution < 1.29 is 4.39 Å². The lowest BCUT2D eigenvalue weighted by Crippen LogP contribution is -2.17. The fourth-order valence-corrected chi connectivity index (χ4v) is 3.34. The van der Waals surface area contributed by atoms with Crippen molar-refractivity contribution in [2.75, 3.05) is 28.8 Å². The lowest BCUT2D eigenvalue weighted by Gasteiger charge is -2.18. The summed E-state index contributed by atoms with van der Waals surface area (Å²) in [6, 6.07) is 20.3. The van der Waals surface area contributed by atoms with E-state index in [9.17, 15) is 4.39 Å². The predicted molar refractivity (Wildman–Crippen MR) is 117 cm³/mol. The summed E-state index contributed by atoms with van der Waals surface area (Å²) in [4.78, 5) is 2.42. The number of nitrogens with one attached hydrogen (secondary N) is 2. The zero-order valence-corrected chi connectivity index (χ0v) is 16.4. The van der Waals surface area contributed by atoms with Gasteiger partial charge in [-0.2, -0.15) is 10.2 Å². The van der Waals surface area contributed by atoms with Crippen molar-refractivity contribution in [2.24, 2.45) is 10.2 Å². The summed E-state index contributed by atoms with van der Waals surface area (Å²) in [7, 11) is 0. The van der Waals surface area contributed by atoms with Gasteiger partial charge in [-0.15, -0.1) is 0 Å². The second kappa shape index (κ2) is 8.73. The number of rotatable bonds is 6. The predicted octanol–water partition coefficient (Wildman–Crippen LogP) is 6.59. The molecule has 1 saturated heterocycles. The second-order valence-electron chi connectivity index (χ2n) is 7.17. The van der Waals surface area contributed by atoms with E-state index in [-0.39, 0.29) is 5.82 Å². The maximum absolute atomic E-state index is 13.0. The van der Waals surface area contributed by atoms with Gasteiger partial charge in [0.1, 0.15) is 5.82 Å². The van der Waals surface area contributed by atoms with Gasteiger partial charge in [0.15, 0.2) is 0 Å². The number of halogens is 1. The van der Waals surface area contributed by atoms with Crippen LogP contribution in [0.4, 0.5) is 32.8 Å². The molecule has 1 aliphatic heterocycles. The van der Waals surface area contributed by atoms with E-state index in [1.807, 2.05) is 25.1 Å². The number of benzene rings is 3. The Hall–Kier alpha value is -3.41. The largest absolute Gasteiger partial charge is 0.372 e. The Balaban J connectivity index is 1.36. The van der Waals surface area contributed by atoms with E-state index in [1.54, 1.807) is 12.1 Å². The summed E-state index contributed by atoms with van der Waals surface area (Å²) in [5, 5.41) is 8.42. The summed E-state index contributed by atoms with van der Waals surface area (Å²) in [5.41, 5.74) is 12.1. The van der Waals surface area contributed by atoms with E-state index >= 15 is 0 Å². The molecule has 4 rings (SSSR count). The first kappa shape index (κ1) is 18.9. The Morgan fingerprint density at radius 3 is 2.14 bits per heavy atom. The molecule has 0 unspecified atom stereocenters. The summed E-state index contributed by atoms with van der Waals surface area (Å²) >= 11 is 0. The number of hydrogen-bond donors (Lipinski definition) is 2. The molecule has 6 heteroatoms. The molecular weight excluding hydrogens is 365 g/mol. The van der Waals surface area contributed by atoms with Gasteiger partial charge in [0, 0.05) is 18.8 Å². The van der Waals surface area contributed by atoms with Crippen LogP contribution in [0.2, 0.25) is 0 Å².